The lowest BCUT2D eigenvalue weighted by Gasteiger charge is -2.33. The molecule has 0 saturated heterocycles. The summed E-state index contributed by atoms with van der Waals surface area (Å²) in [6.07, 6.45) is 3.47. The van der Waals surface area contributed by atoms with Crippen molar-refractivity contribution in [3.05, 3.63) is 28.5 Å². The van der Waals surface area contributed by atoms with Gasteiger partial charge in [-0.2, -0.15) is 0 Å². The first-order valence-corrected chi connectivity index (χ1v) is 7.19. The van der Waals surface area contributed by atoms with E-state index in [4.69, 9.17) is 4.74 Å². The van der Waals surface area contributed by atoms with E-state index in [-0.39, 0.29) is 11.8 Å². The molecule has 0 bridgehead atoms. The standard InChI is InChI=1S/C14H16BrNO3/c1-2-19-13(18)14(7-5-11(17)6-8-14)12-4-3-10(15)9-16-12/h3-4,9H,2,5-8H2,1H3. The summed E-state index contributed by atoms with van der Waals surface area (Å²) in [5.74, 6) is -0.0608. The first-order valence-electron chi connectivity index (χ1n) is 6.39. The fourth-order valence-corrected chi connectivity index (χ4v) is 2.68. The lowest BCUT2D eigenvalue weighted by Crippen LogP contribution is -2.41. The van der Waals surface area contributed by atoms with Crippen molar-refractivity contribution in [3.63, 3.8) is 0 Å². The lowest BCUT2D eigenvalue weighted by molar-refractivity contribution is -0.152. The van der Waals surface area contributed by atoms with E-state index in [9.17, 15) is 9.59 Å². The van der Waals surface area contributed by atoms with Gasteiger partial charge in [-0.05, 0) is 47.8 Å². The van der Waals surface area contributed by atoms with Gasteiger partial charge < -0.3 is 4.74 Å². The van der Waals surface area contributed by atoms with Gasteiger partial charge in [0.05, 0.1) is 12.3 Å². The third-order valence-electron chi connectivity index (χ3n) is 3.55. The highest BCUT2D eigenvalue weighted by Gasteiger charge is 2.45. The second kappa shape index (κ2) is 5.82. The Hall–Kier alpha value is -1.23. The van der Waals surface area contributed by atoms with Crippen molar-refractivity contribution >= 4 is 27.7 Å². The van der Waals surface area contributed by atoms with Crippen molar-refractivity contribution in [3.8, 4) is 0 Å². The average molecular weight is 326 g/mol. The van der Waals surface area contributed by atoms with E-state index in [1.807, 2.05) is 12.1 Å². The van der Waals surface area contributed by atoms with Gasteiger partial charge in [0.1, 0.15) is 11.2 Å². The van der Waals surface area contributed by atoms with Crippen molar-refractivity contribution in [2.45, 2.75) is 38.0 Å². The minimum Gasteiger partial charge on any atom is -0.465 e. The van der Waals surface area contributed by atoms with Gasteiger partial charge in [-0.1, -0.05) is 0 Å². The van der Waals surface area contributed by atoms with E-state index < -0.39 is 5.41 Å². The average Bonchev–Trinajstić information content (AvgIpc) is 2.41. The number of rotatable bonds is 3. The summed E-state index contributed by atoms with van der Waals surface area (Å²) in [5, 5.41) is 0. The Morgan fingerprint density at radius 3 is 2.63 bits per heavy atom. The van der Waals surface area contributed by atoms with Crippen LogP contribution in [0.5, 0.6) is 0 Å². The van der Waals surface area contributed by atoms with E-state index in [1.54, 1.807) is 13.1 Å². The summed E-state index contributed by atoms with van der Waals surface area (Å²) in [5.41, 5.74) is -0.0633. The van der Waals surface area contributed by atoms with Gasteiger partial charge in [0.15, 0.2) is 0 Å². The molecular formula is C14H16BrNO3. The summed E-state index contributed by atoms with van der Waals surface area (Å²) in [4.78, 5) is 28.1. The zero-order valence-corrected chi connectivity index (χ0v) is 12.4. The maximum absolute atomic E-state index is 12.3. The molecule has 1 fully saturated rings. The zero-order chi connectivity index (χ0) is 13.9. The van der Waals surface area contributed by atoms with Crippen LogP contribution in [-0.4, -0.2) is 23.3 Å². The van der Waals surface area contributed by atoms with Gasteiger partial charge >= 0.3 is 5.97 Å². The number of hydrogen-bond acceptors (Lipinski definition) is 4. The van der Waals surface area contributed by atoms with Crippen molar-refractivity contribution in [1.82, 2.24) is 4.98 Å². The SMILES string of the molecule is CCOC(=O)C1(c2ccc(Br)cn2)CCC(=O)CC1. The number of esters is 1. The molecule has 0 unspecified atom stereocenters. The smallest absolute Gasteiger partial charge is 0.318 e. The van der Waals surface area contributed by atoms with Crippen molar-refractivity contribution in [2.75, 3.05) is 6.61 Å². The van der Waals surface area contributed by atoms with Crippen LogP contribution >= 0.6 is 15.9 Å². The molecule has 19 heavy (non-hydrogen) atoms. The number of carbonyl (C=O) groups is 2. The van der Waals surface area contributed by atoms with Crippen LogP contribution in [0.2, 0.25) is 0 Å². The second-order valence-electron chi connectivity index (χ2n) is 4.70. The number of pyridine rings is 1. The highest BCUT2D eigenvalue weighted by Crippen LogP contribution is 2.38. The molecule has 2 rings (SSSR count). The van der Waals surface area contributed by atoms with Crippen LogP contribution < -0.4 is 0 Å². The number of ketones is 1. The Bertz CT molecular complexity index is 474. The Kier molecular flexibility index (Phi) is 4.34. The minimum absolute atomic E-state index is 0.206. The topological polar surface area (TPSA) is 56.3 Å². The highest BCUT2D eigenvalue weighted by atomic mass is 79.9. The largest absolute Gasteiger partial charge is 0.465 e. The molecule has 0 N–H and O–H groups in total. The maximum atomic E-state index is 12.3. The molecule has 0 aliphatic heterocycles. The van der Waals surface area contributed by atoms with E-state index in [0.29, 0.717) is 38.0 Å². The number of hydrogen-bond donors (Lipinski definition) is 0. The summed E-state index contributed by atoms with van der Waals surface area (Å²) in [6.45, 7) is 2.12. The highest BCUT2D eigenvalue weighted by molar-refractivity contribution is 9.10. The van der Waals surface area contributed by atoms with Crippen molar-refractivity contribution < 1.29 is 14.3 Å². The lowest BCUT2D eigenvalue weighted by atomic mass is 9.71. The predicted octanol–water partition coefficient (Wildman–Crippen LogP) is 2.79. The van der Waals surface area contributed by atoms with Crippen LogP contribution in [0.25, 0.3) is 0 Å². The molecule has 1 saturated carbocycles. The Morgan fingerprint density at radius 1 is 1.42 bits per heavy atom. The van der Waals surface area contributed by atoms with Gasteiger partial charge in [-0.25, -0.2) is 0 Å². The molecule has 1 aliphatic rings. The molecule has 1 aliphatic carbocycles. The Balaban J connectivity index is 2.36. The summed E-state index contributed by atoms with van der Waals surface area (Å²) in [6, 6.07) is 3.69. The van der Waals surface area contributed by atoms with Gasteiger partial charge in [0, 0.05) is 23.5 Å². The number of Topliss-reactive ketones (excluding diaryl/α,β-unsaturated/α-hetero) is 1. The molecule has 0 amide bonds. The normalized spacial score (nSPS) is 18.1. The van der Waals surface area contributed by atoms with Gasteiger partial charge in [-0.3, -0.25) is 14.6 Å². The van der Waals surface area contributed by atoms with Crippen LogP contribution in [0.4, 0.5) is 0 Å². The van der Waals surface area contributed by atoms with Crippen LogP contribution in [0.1, 0.15) is 38.3 Å². The summed E-state index contributed by atoms with van der Waals surface area (Å²) >= 11 is 3.33. The molecule has 0 atom stereocenters. The second-order valence-corrected chi connectivity index (χ2v) is 5.62. The van der Waals surface area contributed by atoms with Crippen LogP contribution in [0, 0.1) is 0 Å². The fourth-order valence-electron chi connectivity index (χ4n) is 2.45. The molecule has 1 aromatic rings. The van der Waals surface area contributed by atoms with E-state index in [2.05, 4.69) is 20.9 Å². The van der Waals surface area contributed by atoms with Gasteiger partial charge in [0.25, 0.3) is 0 Å². The Morgan fingerprint density at radius 2 is 2.11 bits per heavy atom. The van der Waals surface area contributed by atoms with Crippen molar-refractivity contribution in [1.29, 1.82) is 0 Å². The maximum Gasteiger partial charge on any atom is 0.318 e. The molecule has 0 aromatic carbocycles. The fraction of sp³-hybridized carbons (Fsp3) is 0.500. The molecule has 0 radical (unpaired) electrons. The third kappa shape index (κ3) is 2.86. The minimum atomic E-state index is -0.759. The van der Waals surface area contributed by atoms with Crippen molar-refractivity contribution in [2.24, 2.45) is 0 Å². The monoisotopic (exact) mass is 325 g/mol. The van der Waals surface area contributed by atoms with Crippen LogP contribution in [0.3, 0.4) is 0 Å². The number of halogens is 1. The van der Waals surface area contributed by atoms with E-state index in [1.165, 1.54) is 0 Å². The quantitative estimate of drug-likeness (QED) is 0.802. The molecule has 5 heteroatoms. The van der Waals surface area contributed by atoms with E-state index >= 15 is 0 Å². The molecule has 1 aromatic heterocycles. The first-order chi connectivity index (χ1) is 9.08. The predicted molar refractivity (Wildman–Crippen MR) is 73.7 cm³/mol. The molecule has 4 nitrogen and oxygen atoms in total. The molecule has 0 spiro atoms. The number of aromatic nitrogens is 1. The molecular weight excluding hydrogens is 310 g/mol. The molecule has 1 heterocycles. The first kappa shape index (κ1) is 14.2. The molecule has 102 valence electrons. The third-order valence-corrected chi connectivity index (χ3v) is 4.01. The summed E-state index contributed by atoms with van der Waals surface area (Å²) < 4.78 is 6.07. The number of carbonyl (C=O) groups excluding carboxylic acids is 2. The van der Waals surface area contributed by atoms with E-state index in [0.717, 1.165) is 4.47 Å². The zero-order valence-electron chi connectivity index (χ0n) is 10.8. The van der Waals surface area contributed by atoms with Gasteiger partial charge in [-0.15, -0.1) is 0 Å². The number of nitrogens with zero attached hydrogens (tertiary/aromatic N) is 1. The van der Waals surface area contributed by atoms with Crippen LogP contribution in [-0.2, 0) is 19.7 Å². The summed E-state index contributed by atoms with van der Waals surface area (Å²) in [7, 11) is 0. The van der Waals surface area contributed by atoms with Crippen LogP contribution in [0.15, 0.2) is 22.8 Å². The Labute approximate surface area is 120 Å². The van der Waals surface area contributed by atoms with Gasteiger partial charge in [0.2, 0.25) is 0 Å². The number of ether oxygens (including phenoxy) is 1.